The molecule has 0 spiro atoms. The molecule has 6 nitrogen and oxygen atoms in total. The van der Waals surface area contributed by atoms with E-state index in [1.165, 1.54) is 173 Å². The molecule has 3 N–H and O–H groups in total. The van der Waals surface area contributed by atoms with Gasteiger partial charge in [0.2, 0.25) is 5.91 Å². The van der Waals surface area contributed by atoms with Crippen molar-refractivity contribution in [3.05, 3.63) is 48.6 Å². The third-order valence-corrected chi connectivity index (χ3v) is 12.9. The van der Waals surface area contributed by atoms with E-state index in [4.69, 9.17) is 4.74 Å². The summed E-state index contributed by atoms with van der Waals surface area (Å²) < 4.78 is 5.93. The number of nitrogens with one attached hydrogen (secondary N) is 1. The van der Waals surface area contributed by atoms with E-state index in [-0.39, 0.29) is 24.9 Å². The van der Waals surface area contributed by atoms with Crippen LogP contribution in [0.4, 0.5) is 0 Å². The Hall–Kier alpha value is -2.18. The van der Waals surface area contributed by atoms with Crippen molar-refractivity contribution in [2.45, 2.75) is 309 Å². The SMILES string of the molecule is CCCCC/C=C\C/C=C\C/C=C\C/C=C\CCCC(CC(=O)NC(CO)C(O)CCCCCCCCCCCCCCCCC)OC(=O)CCCCCCCCCCCCCCCC. The molecule has 0 heterocycles. The van der Waals surface area contributed by atoms with Crippen molar-refractivity contribution >= 4 is 11.9 Å². The largest absolute Gasteiger partial charge is 0.462 e. The number of unbranched alkanes of at least 4 members (excludes halogenated alkanes) is 31. The highest BCUT2D eigenvalue weighted by atomic mass is 16.5. The van der Waals surface area contributed by atoms with Gasteiger partial charge >= 0.3 is 5.97 Å². The first-order valence-corrected chi connectivity index (χ1v) is 28.4. The normalized spacial score (nSPS) is 13.5. The molecule has 65 heavy (non-hydrogen) atoms. The van der Waals surface area contributed by atoms with Gasteiger partial charge in [-0.2, -0.15) is 0 Å². The number of carbonyl (C=O) groups excluding carboxylic acids is 2. The molecule has 380 valence electrons. The molecule has 3 atom stereocenters. The molecule has 0 aromatic rings. The first-order valence-electron chi connectivity index (χ1n) is 28.4. The molecule has 0 aromatic heterocycles. The topological polar surface area (TPSA) is 95.9 Å². The lowest BCUT2D eigenvalue weighted by molar-refractivity contribution is -0.151. The van der Waals surface area contributed by atoms with Crippen LogP contribution >= 0.6 is 0 Å². The number of aliphatic hydroxyl groups excluding tert-OH is 2. The summed E-state index contributed by atoms with van der Waals surface area (Å²) in [5.74, 6) is -0.516. The molecule has 6 heteroatoms. The van der Waals surface area contributed by atoms with Gasteiger partial charge < -0.3 is 20.3 Å². The summed E-state index contributed by atoms with van der Waals surface area (Å²) >= 11 is 0. The Balaban J connectivity index is 4.64. The highest BCUT2D eigenvalue weighted by molar-refractivity contribution is 5.77. The van der Waals surface area contributed by atoms with Crippen LogP contribution in [0.1, 0.15) is 290 Å². The van der Waals surface area contributed by atoms with Crippen LogP contribution in [-0.2, 0) is 14.3 Å². The van der Waals surface area contributed by atoms with Gasteiger partial charge in [-0.1, -0.05) is 262 Å². The maximum atomic E-state index is 13.2. The van der Waals surface area contributed by atoms with Crippen molar-refractivity contribution in [2.75, 3.05) is 6.61 Å². The summed E-state index contributed by atoms with van der Waals surface area (Å²) in [6, 6.07) is -0.718. The maximum Gasteiger partial charge on any atom is 0.306 e. The monoisotopic (exact) mass is 912 g/mol. The van der Waals surface area contributed by atoms with Crippen molar-refractivity contribution in [3.63, 3.8) is 0 Å². The number of ether oxygens (including phenoxy) is 1. The lowest BCUT2D eigenvalue weighted by atomic mass is 10.0. The fourth-order valence-electron chi connectivity index (χ4n) is 8.60. The van der Waals surface area contributed by atoms with Crippen molar-refractivity contribution in [3.8, 4) is 0 Å². The Morgan fingerprint density at radius 3 is 1.22 bits per heavy atom. The number of rotatable bonds is 51. The van der Waals surface area contributed by atoms with Crippen LogP contribution in [0.15, 0.2) is 48.6 Å². The maximum absolute atomic E-state index is 13.2. The number of allylic oxidation sites excluding steroid dienone is 8. The van der Waals surface area contributed by atoms with E-state index >= 15 is 0 Å². The summed E-state index contributed by atoms with van der Waals surface area (Å²) in [6.45, 7) is 6.47. The van der Waals surface area contributed by atoms with E-state index in [0.29, 0.717) is 19.3 Å². The molecule has 0 aliphatic carbocycles. The summed E-state index contributed by atoms with van der Waals surface area (Å²) in [5.41, 5.74) is 0. The lowest BCUT2D eigenvalue weighted by Crippen LogP contribution is -2.46. The Morgan fingerprint density at radius 1 is 0.446 bits per heavy atom. The van der Waals surface area contributed by atoms with Crippen molar-refractivity contribution in [2.24, 2.45) is 0 Å². The minimum absolute atomic E-state index is 0.0429. The van der Waals surface area contributed by atoms with E-state index in [9.17, 15) is 19.8 Å². The molecule has 3 unspecified atom stereocenters. The van der Waals surface area contributed by atoms with E-state index < -0.39 is 18.2 Å². The number of hydrogen-bond acceptors (Lipinski definition) is 5. The number of aliphatic hydroxyl groups is 2. The number of hydrogen-bond donors (Lipinski definition) is 3. The van der Waals surface area contributed by atoms with Crippen LogP contribution in [-0.4, -0.2) is 46.9 Å². The summed E-state index contributed by atoms with van der Waals surface area (Å²) in [5, 5.41) is 23.8. The number of esters is 1. The Kier molecular flexibility index (Phi) is 51.0. The zero-order chi connectivity index (χ0) is 47.4. The molecule has 0 radical (unpaired) electrons. The van der Waals surface area contributed by atoms with Gasteiger partial charge in [0.1, 0.15) is 6.10 Å². The second kappa shape index (κ2) is 52.8. The Morgan fingerprint density at radius 2 is 0.800 bits per heavy atom. The van der Waals surface area contributed by atoms with E-state index in [0.717, 1.165) is 70.6 Å². The fraction of sp³-hybridized carbons (Fsp3) is 0.831. The molecular weight excluding hydrogens is 803 g/mol. The van der Waals surface area contributed by atoms with Crippen molar-refractivity contribution in [1.82, 2.24) is 5.32 Å². The van der Waals surface area contributed by atoms with Crippen molar-refractivity contribution in [1.29, 1.82) is 0 Å². The zero-order valence-corrected chi connectivity index (χ0v) is 43.4. The molecule has 0 aliphatic rings. The van der Waals surface area contributed by atoms with Gasteiger partial charge in [-0.25, -0.2) is 0 Å². The van der Waals surface area contributed by atoms with Crippen LogP contribution in [0, 0.1) is 0 Å². The minimum atomic E-state index is -0.801. The molecule has 0 bridgehead atoms. The number of carbonyl (C=O) groups is 2. The lowest BCUT2D eigenvalue weighted by Gasteiger charge is -2.24. The predicted octanol–water partition coefficient (Wildman–Crippen LogP) is 17.4. The molecule has 0 saturated carbocycles. The van der Waals surface area contributed by atoms with Gasteiger partial charge in [-0.05, 0) is 64.2 Å². The standard InChI is InChI=1S/C59H109NO5/c1-4-7-10-13-16-19-22-25-28-29-31-32-35-38-41-44-47-50-55(65-59(64)52-49-46-43-40-37-34-27-24-21-18-15-12-9-6-3)53-58(63)60-56(54-61)57(62)51-48-45-42-39-36-33-30-26-23-20-17-14-11-8-5-2/h16,19,25,28,31-32,38,41,55-57,61-62H,4-15,17-18,20-24,26-27,29-30,33-37,39-40,42-54H2,1-3H3,(H,60,63)/b19-16-,28-25-,32-31-,41-38-. The molecular formula is C59H109NO5. The van der Waals surface area contributed by atoms with Crippen LogP contribution in [0.25, 0.3) is 0 Å². The average molecular weight is 913 g/mol. The second-order valence-corrected chi connectivity index (χ2v) is 19.3. The molecule has 1 amide bonds. The minimum Gasteiger partial charge on any atom is -0.462 e. The molecule has 0 rings (SSSR count). The Labute approximate surface area is 404 Å². The predicted molar refractivity (Wildman–Crippen MR) is 282 cm³/mol. The highest BCUT2D eigenvalue weighted by Gasteiger charge is 2.24. The second-order valence-electron chi connectivity index (χ2n) is 19.3. The van der Waals surface area contributed by atoms with Gasteiger partial charge in [0.15, 0.2) is 0 Å². The third kappa shape index (κ3) is 48.1. The first-order chi connectivity index (χ1) is 32.0. The van der Waals surface area contributed by atoms with Crippen LogP contribution in [0.2, 0.25) is 0 Å². The summed E-state index contributed by atoms with van der Waals surface area (Å²) in [7, 11) is 0. The summed E-state index contributed by atoms with van der Waals surface area (Å²) in [4.78, 5) is 26.2. The Bertz CT molecular complexity index is 1110. The fourth-order valence-corrected chi connectivity index (χ4v) is 8.60. The summed E-state index contributed by atoms with van der Waals surface area (Å²) in [6.07, 6.45) is 64.6. The van der Waals surface area contributed by atoms with E-state index in [1.54, 1.807) is 0 Å². The average Bonchev–Trinajstić information content (AvgIpc) is 3.30. The highest BCUT2D eigenvalue weighted by Crippen LogP contribution is 2.18. The molecule has 0 aliphatic heterocycles. The zero-order valence-electron chi connectivity index (χ0n) is 43.4. The smallest absolute Gasteiger partial charge is 0.306 e. The first kappa shape index (κ1) is 62.8. The van der Waals surface area contributed by atoms with Crippen LogP contribution in [0.5, 0.6) is 0 Å². The quantitative estimate of drug-likeness (QED) is 0.0321. The van der Waals surface area contributed by atoms with E-state index in [1.807, 2.05) is 0 Å². The van der Waals surface area contributed by atoms with Crippen molar-refractivity contribution < 1.29 is 24.5 Å². The van der Waals surface area contributed by atoms with Crippen LogP contribution < -0.4 is 5.32 Å². The van der Waals surface area contributed by atoms with Gasteiger partial charge in [-0.3, -0.25) is 9.59 Å². The third-order valence-electron chi connectivity index (χ3n) is 12.9. The molecule has 0 fully saturated rings. The molecule has 0 aromatic carbocycles. The molecule has 0 saturated heterocycles. The number of amides is 1. The van der Waals surface area contributed by atoms with Gasteiger partial charge in [0.05, 0.1) is 25.2 Å². The van der Waals surface area contributed by atoms with Gasteiger partial charge in [0.25, 0.3) is 0 Å². The van der Waals surface area contributed by atoms with Gasteiger partial charge in [0, 0.05) is 6.42 Å². The van der Waals surface area contributed by atoms with Gasteiger partial charge in [-0.15, -0.1) is 0 Å². The van der Waals surface area contributed by atoms with E-state index in [2.05, 4.69) is 74.7 Å². The van der Waals surface area contributed by atoms with Crippen LogP contribution in [0.3, 0.4) is 0 Å².